The zero-order valence-electron chi connectivity index (χ0n) is 7.09. The van der Waals surface area contributed by atoms with Gasteiger partial charge in [-0.15, -0.1) is 0 Å². The van der Waals surface area contributed by atoms with E-state index in [4.69, 9.17) is 10.00 Å². The molecule has 1 aliphatic rings. The van der Waals surface area contributed by atoms with Crippen LogP contribution in [0.2, 0.25) is 0 Å². The van der Waals surface area contributed by atoms with Crippen LogP contribution in [0.4, 0.5) is 0 Å². The summed E-state index contributed by atoms with van der Waals surface area (Å²) in [6.45, 7) is 2.52. The van der Waals surface area contributed by atoms with Crippen molar-refractivity contribution in [2.75, 3.05) is 13.2 Å². The van der Waals surface area contributed by atoms with E-state index < -0.39 is 5.54 Å². The van der Waals surface area contributed by atoms with Gasteiger partial charge in [0.25, 0.3) is 0 Å². The maximum atomic E-state index is 10.8. The monoisotopic (exact) mass is 168 g/mol. The molecule has 1 amide bonds. The first-order valence-electron chi connectivity index (χ1n) is 3.96. The molecule has 0 radical (unpaired) electrons. The Morgan fingerprint density at radius 3 is 2.58 bits per heavy atom. The Hall–Kier alpha value is -1.08. The number of amides is 1. The lowest BCUT2D eigenvalue weighted by atomic mass is 9.92. The van der Waals surface area contributed by atoms with Gasteiger partial charge in [-0.05, 0) is 0 Å². The van der Waals surface area contributed by atoms with E-state index in [0.29, 0.717) is 26.1 Å². The van der Waals surface area contributed by atoms with E-state index in [1.54, 1.807) is 0 Å². The maximum Gasteiger partial charge on any atom is 0.218 e. The van der Waals surface area contributed by atoms with Crippen molar-refractivity contribution in [2.45, 2.75) is 25.3 Å². The number of carbonyl (C=O) groups excluding carboxylic acids is 1. The van der Waals surface area contributed by atoms with E-state index in [2.05, 4.69) is 11.4 Å². The zero-order valence-corrected chi connectivity index (χ0v) is 7.09. The van der Waals surface area contributed by atoms with Gasteiger partial charge in [-0.25, -0.2) is 0 Å². The molecule has 0 unspecified atom stereocenters. The Kier molecular flexibility index (Phi) is 2.66. The molecule has 66 valence electrons. The molecule has 1 aliphatic heterocycles. The van der Waals surface area contributed by atoms with Gasteiger partial charge in [0.1, 0.15) is 5.54 Å². The fourth-order valence-corrected chi connectivity index (χ4v) is 1.32. The first kappa shape index (κ1) is 9.01. The van der Waals surface area contributed by atoms with Gasteiger partial charge < -0.3 is 10.1 Å². The molecule has 1 rings (SSSR count). The van der Waals surface area contributed by atoms with Crippen molar-refractivity contribution in [1.82, 2.24) is 5.32 Å². The van der Waals surface area contributed by atoms with E-state index >= 15 is 0 Å². The van der Waals surface area contributed by atoms with Crippen LogP contribution in [0.15, 0.2) is 0 Å². The first-order valence-corrected chi connectivity index (χ1v) is 3.96. The van der Waals surface area contributed by atoms with Crippen LogP contribution in [-0.4, -0.2) is 24.7 Å². The molecule has 1 fully saturated rings. The lowest BCUT2D eigenvalue weighted by Crippen LogP contribution is -2.50. The fraction of sp³-hybridized carbons (Fsp3) is 0.750. The van der Waals surface area contributed by atoms with E-state index in [-0.39, 0.29) is 5.91 Å². The second kappa shape index (κ2) is 3.55. The standard InChI is InChI=1S/C8H12N2O2/c1-7(11)10-8(6-9)2-4-12-5-3-8/h2-5H2,1H3,(H,10,11). The molecule has 1 saturated heterocycles. The molecule has 0 aromatic carbocycles. The van der Waals surface area contributed by atoms with Crippen LogP contribution in [-0.2, 0) is 9.53 Å². The Labute approximate surface area is 71.5 Å². The highest BCUT2D eigenvalue weighted by molar-refractivity contribution is 5.74. The Morgan fingerprint density at radius 2 is 2.17 bits per heavy atom. The molecule has 4 heteroatoms. The van der Waals surface area contributed by atoms with Crippen molar-refractivity contribution >= 4 is 5.91 Å². The van der Waals surface area contributed by atoms with Gasteiger partial charge >= 0.3 is 0 Å². The van der Waals surface area contributed by atoms with Crippen molar-refractivity contribution in [3.8, 4) is 6.07 Å². The molecule has 0 spiro atoms. The molecular weight excluding hydrogens is 156 g/mol. The Balaban J connectivity index is 2.61. The summed E-state index contributed by atoms with van der Waals surface area (Å²) in [5.41, 5.74) is -0.677. The largest absolute Gasteiger partial charge is 0.381 e. The van der Waals surface area contributed by atoms with Crippen molar-refractivity contribution in [3.63, 3.8) is 0 Å². The van der Waals surface area contributed by atoms with Crippen LogP contribution < -0.4 is 5.32 Å². The second-order valence-electron chi connectivity index (χ2n) is 2.99. The lowest BCUT2D eigenvalue weighted by Gasteiger charge is -2.30. The minimum atomic E-state index is -0.677. The average molecular weight is 168 g/mol. The summed E-state index contributed by atoms with van der Waals surface area (Å²) in [6.07, 6.45) is 1.17. The van der Waals surface area contributed by atoms with Crippen LogP contribution in [0.5, 0.6) is 0 Å². The maximum absolute atomic E-state index is 10.8. The average Bonchev–Trinajstić information content (AvgIpc) is 2.05. The SMILES string of the molecule is CC(=O)NC1(C#N)CCOCC1. The summed E-state index contributed by atoms with van der Waals surface area (Å²) in [7, 11) is 0. The van der Waals surface area contributed by atoms with Crippen LogP contribution in [0, 0.1) is 11.3 Å². The summed E-state index contributed by atoms with van der Waals surface area (Å²) in [5.74, 6) is -0.154. The normalized spacial score (nSPS) is 21.0. The fourth-order valence-electron chi connectivity index (χ4n) is 1.32. The van der Waals surface area contributed by atoms with Crippen molar-refractivity contribution in [1.29, 1.82) is 5.26 Å². The highest BCUT2D eigenvalue weighted by atomic mass is 16.5. The van der Waals surface area contributed by atoms with Gasteiger partial charge in [0.15, 0.2) is 0 Å². The number of hydrogen-bond donors (Lipinski definition) is 1. The Bertz CT molecular complexity index is 214. The van der Waals surface area contributed by atoms with Crippen LogP contribution >= 0.6 is 0 Å². The van der Waals surface area contributed by atoms with Crippen molar-refractivity contribution < 1.29 is 9.53 Å². The van der Waals surface area contributed by atoms with Gasteiger partial charge in [0.05, 0.1) is 6.07 Å². The zero-order chi connectivity index (χ0) is 9.03. The Morgan fingerprint density at radius 1 is 1.58 bits per heavy atom. The minimum Gasteiger partial charge on any atom is -0.381 e. The number of ether oxygens (including phenoxy) is 1. The molecule has 0 atom stereocenters. The number of nitriles is 1. The summed E-state index contributed by atoms with van der Waals surface area (Å²) < 4.78 is 5.11. The summed E-state index contributed by atoms with van der Waals surface area (Å²) in [5, 5.41) is 11.5. The third kappa shape index (κ3) is 1.95. The molecule has 1 N–H and O–H groups in total. The number of rotatable bonds is 1. The number of nitrogens with zero attached hydrogens (tertiary/aromatic N) is 1. The molecular formula is C8H12N2O2. The predicted octanol–water partition coefficient (Wildman–Crippen LogP) is 0.195. The van der Waals surface area contributed by atoms with E-state index in [1.807, 2.05) is 0 Å². The van der Waals surface area contributed by atoms with Gasteiger partial charge in [-0.1, -0.05) is 0 Å². The molecule has 4 nitrogen and oxygen atoms in total. The number of hydrogen-bond acceptors (Lipinski definition) is 3. The predicted molar refractivity (Wildman–Crippen MR) is 42.2 cm³/mol. The van der Waals surface area contributed by atoms with Gasteiger partial charge in [-0.2, -0.15) is 5.26 Å². The van der Waals surface area contributed by atoms with Crippen molar-refractivity contribution in [2.24, 2.45) is 0 Å². The highest BCUT2D eigenvalue weighted by Crippen LogP contribution is 2.19. The van der Waals surface area contributed by atoms with E-state index in [1.165, 1.54) is 6.92 Å². The smallest absolute Gasteiger partial charge is 0.218 e. The third-order valence-electron chi connectivity index (χ3n) is 1.98. The number of carbonyl (C=O) groups is 1. The quantitative estimate of drug-likeness (QED) is 0.608. The summed E-state index contributed by atoms with van der Waals surface area (Å²) >= 11 is 0. The first-order chi connectivity index (χ1) is 5.68. The van der Waals surface area contributed by atoms with Crippen LogP contribution in [0.3, 0.4) is 0 Å². The topological polar surface area (TPSA) is 62.1 Å². The summed E-state index contributed by atoms with van der Waals surface area (Å²) in [4.78, 5) is 10.8. The lowest BCUT2D eigenvalue weighted by molar-refractivity contribution is -0.121. The summed E-state index contributed by atoms with van der Waals surface area (Å²) in [6, 6.07) is 2.14. The molecule has 12 heavy (non-hydrogen) atoms. The van der Waals surface area contributed by atoms with Gasteiger partial charge in [0, 0.05) is 33.0 Å². The molecule has 0 aromatic rings. The van der Waals surface area contributed by atoms with E-state index in [9.17, 15) is 4.79 Å². The van der Waals surface area contributed by atoms with Crippen LogP contribution in [0.1, 0.15) is 19.8 Å². The molecule has 0 aromatic heterocycles. The van der Waals surface area contributed by atoms with Gasteiger partial charge in [0.2, 0.25) is 5.91 Å². The second-order valence-corrected chi connectivity index (χ2v) is 2.99. The number of nitrogens with one attached hydrogen (secondary N) is 1. The van der Waals surface area contributed by atoms with Crippen molar-refractivity contribution in [3.05, 3.63) is 0 Å². The molecule has 1 heterocycles. The minimum absolute atomic E-state index is 0.154. The van der Waals surface area contributed by atoms with Gasteiger partial charge in [-0.3, -0.25) is 4.79 Å². The molecule has 0 saturated carbocycles. The third-order valence-corrected chi connectivity index (χ3v) is 1.98. The molecule has 0 aliphatic carbocycles. The van der Waals surface area contributed by atoms with Crippen LogP contribution in [0.25, 0.3) is 0 Å². The molecule has 0 bridgehead atoms. The highest BCUT2D eigenvalue weighted by Gasteiger charge is 2.33. The van der Waals surface area contributed by atoms with E-state index in [0.717, 1.165) is 0 Å².